The first-order chi connectivity index (χ1) is 10.9. The minimum absolute atomic E-state index is 0.414. The summed E-state index contributed by atoms with van der Waals surface area (Å²) in [6.45, 7) is 3.99. The molecule has 2 aromatic rings. The minimum Gasteiger partial charge on any atom is -0.497 e. The number of thiol groups is 1. The predicted octanol–water partition coefficient (Wildman–Crippen LogP) is 4.38. The highest BCUT2D eigenvalue weighted by molar-refractivity contribution is 7.80. The average Bonchev–Trinajstić information content (AvgIpc) is 2.55. The summed E-state index contributed by atoms with van der Waals surface area (Å²) in [5.74, 6) is 0.792. The van der Waals surface area contributed by atoms with Gasteiger partial charge in [-0.2, -0.15) is 5.10 Å². The largest absolute Gasteiger partial charge is 0.497 e. The molecule has 0 atom stereocenters. The number of hydrogen-bond acceptors (Lipinski definition) is 5. The zero-order chi connectivity index (χ0) is 16.9. The Morgan fingerprint density at radius 3 is 2.52 bits per heavy atom. The predicted molar refractivity (Wildman–Crippen MR) is 99.6 cm³/mol. The monoisotopic (exact) mass is 327 g/mol. The summed E-state index contributed by atoms with van der Waals surface area (Å²) in [6, 6.07) is 15.3. The van der Waals surface area contributed by atoms with Gasteiger partial charge in [-0.1, -0.05) is 26.0 Å². The SMILES string of the molecule is COc1ccc(N/N=C/C(=N)C(C)(C)c2cccc(S)c2)cc1. The van der Waals surface area contributed by atoms with Crippen molar-refractivity contribution in [3.8, 4) is 5.75 Å². The molecule has 2 rings (SSSR count). The molecule has 0 aliphatic rings. The van der Waals surface area contributed by atoms with Crippen LogP contribution >= 0.6 is 12.6 Å². The number of benzene rings is 2. The van der Waals surface area contributed by atoms with Crippen molar-refractivity contribution in [2.24, 2.45) is 5.10 Å². The number of rotatable bonds is 6. The summed E-state index contributed by atoms with van der Waals surface area (Å²) in [5.41, 5.74) is 4.76. The maximum absolute atomic E-state index is 8.29. The molecule has 2 aromatic carbocycles. The third kappa shape index (κ3) is 4.36. The number of ether oxygens (including phenoxy) is 1. The van der Waals surface area contributed by atoms with Crippen LogP contribution in [0, 0.1) is 5.41 Å². The smallest absolute Gasteiger partial charge is 0.119 e. The molecule has 0 saturated heterocycles. The van der Waals surface area contributed by atoms with Gasteiger partial charge in [0.05, 0.1) is 24.7 Å². The van der Waals surface area contributed by atoms with Gasteiger partial charge in [-0.3, -0.25) is 5.43 Å². The molecule has 0 fully saturated rings. The summed E-state index contributed by atoms with van der Waals surface area (Å²) in [7, 11) is 1.63. The average molecular weight is 327 g/mol. The van der Waals surface area contributed by atoms with E-state index in [4.69, 9.17) is 10.1 Å². The van der Waals surface area contributed by atoms with Crippen molar-refractivity contribution in [2.45, 2.75) is 24.2 Å². The molecule has 0 aliphatic carbocycles. The molecule has 23 heavy (non-hydrogen) atoms. The van der Waals surface area contributed by atoms with Gasteiger partial charge in [0.25, 0.3) is 0 Å². The van der Waals surface area contributed by atoms with Crippen LogP contribution in [-0.4, -0.2) is 19.0 Å². The standard InChI is InChI=1S/C18H21N3OS/c1-18(2,13-5-4-6-16(23)11-13)17(19)12-20-21-14-7-9-15(22-3)10-8-14/h4-12,19,21,23H,1-3H3/b19-17?,20-12+. The van der Waals surface area contributed by atoms with Crippen LogP contribution in [0.1, 0.15) is 19.4 Å². The van der Waals surface area contributed by atoms with Gasteiger partial charge in [0.1, 0.15) is 5.75 Å². The van der Waals surface area contributed by atoms with Crippen LogP contribution in [0.4, 0.5) is 5.69 Å². The molecule has 0 aromatic heterocycles. The van der Waals surface area contributed by atoms with Crippen molar-refractivity contribution in [3.63, 3.8) is 0 Å². The van der Waals surface area contributed by atoms with E-state index in [0.717, 1.165) is 21.9 Å². The summed E-state index contributed by atoms with van der Waals surface area (Å²) in [6.07, 6.45) is 1.54. The second-order valence-electron chi connectivity index (χ2n) is 5.69. The number of hydrogen-bond donors (Lipinski definition) is 3. The van der Waals surface area contributed by atoms with Crippen LogP contribution in [0.25, 0.3) is 0 Å². The molecule has 0 radical (unpaired) electrons. The number of anilines is 1. The first-order valence-electron chi connectivity index (χ1n) is 7.25. The van der Waals surface area contributed by atoms with E-state index in [2.05, 4.69) is 23.2 Å². The van der Waals surface area contributed by atoms with E-state index in [1.54, 1.807) is 7.11 Å². The Kier molecular flexibility index (Phi) is 5.45. The minimum atomic E-state index is -0.441. The van der Waals surface area contributed by atoms with Crippen molar-refractivity contribution in [3.05, 3.63) is 54.1 Å². The third-order valence-electron chi connectivity index (χ3n) is 3.72. The van der Waals surface area contributed by atoms with Crippen molar-refractivity contribution >= 4 is 30.2 Å². The molecule has 0 heterocycles. The van der Waals surface area contributed by atoms with Crippen LogP contribution in [-0.2, 0) is 5.41 Å². The van der Waals surface area contributed by atoms with Crippen molar-refractivity contribution in [2.75, 3.05) is 12.5 Å². The molecule has 4 nitrogen and oxygen atoms in total. The zero-order valence-electron chi connectivity index (χ0n) is 13.5. The molecule has 0 bridgehead atoms. The van der Waals surface area contributed by atoms with Crippen LogP contribution in [0.5, 0.6) is 5.75 Å². The molecule has 0 amide bonds. The van der Waals surface area contributed by atoms with Gasteiger partial charge in [-0.15, -0.1) is 12.6 Å². The second kappa shape index (κ2) is 7.33. The second-order valence-corrected chi connectivity index (χ2v) is 6.20. The number of nitrogens with one attached hydrogen (secondary N) is 2. The Bertz CT molecular complexity index is 708. The maximum Gasteiger partial charge on any atom is 0.119 e. The summed E-state index contributed by atoms with van der Waals surface area (Å²) in [4.78, 5) is 0.886. The van der Waals surface area contributed by atoms with E-state index in [-0.39, 0.29) is 0 Å². The molecule has 2 N–H and O–H groups in total. The first kappa shape index (κ1) is 17.1. The van der Waals surface area contributed by atoms with E-state index in [0.29, 0.717) is 5.71 Å². The lowest BCUT2D eigenvalue weighted by atomic mass is 9.80. The molecular weight excluding hydrogens is 306 g/mol. The van der Waals surface area contributed by atoms with E-state index in [1.807, 2.05) is 62.4 Å². The molecule has 0 aliphatic heterocycles. The Hall–Kier alpha value is -2.27. The highest BCUT2D eigenvalue weighted by Gasteiger charge is 2.25. The van der Waals surface area contributed by atoms with Crippen LogP contribution < -0.4 is 10.2 Å². The van der Waals surface area contributed by atoms with E-state index in [1.165, 1.54) is 6.21 Å². The summed E-state index contributed by atoms with van der Waals surface area (Å²) >= 11 is 4.36. The van der Waals surface area contributed by atoms with Crippen LogP contribution in [0.15, 0.2) is 58.5 Å². The van der Waals surface area contributed by atoms with Gasteiger partial charge in [0, 0.05) is 10.3 Å². The van der Waals surface area contributed by atoms with Gasteiger partial charge < -0.3 is 10.1 Å². The van der Waals surface area contributed by atoms with Crippen molar-refractivity contribution in [1.29, 1.82) is 5.41 Å². The lowest BCUT2D eigenvalue weighted by molar-refractivity contribution is 0.415. The van der Waals surface area contributed by atoms with Crippen LogP contribution in [0.3, 0.4) is 0 Å². The van der Waals surface area contributed by atoms with Gasteiger partial charge in [-0.25, -0.2) is 0 Å². The molecule has 0 unspecified atom stereocenters. The normalized spacial score (nSPS) is 11.5. The molecule has 0 saturated carbocycles. The van der Waals surface area contributed by atoms with Gasteiger partial charge in [0.2, 0.25) is 0 Å². The van der Waals surface area contributed by atoms with E-state index in [9.17, 15) is 0 Å². The Labute approximate surface area is 142 Å². The zero-order valence-corrected chi connectivity index (χ0v) is 14.4. The molecular formula is C18H21N3OS. The Morgan fingerprint density at radius 2 is 1.91 bits per heavy atom. The number of nitrogens with zero attached hydrogens (tertiary/aromatic N) is 1. The van der Waals surface area contributed by atoms with Gasteiger partial charge >= 0.3 is 0 Å². The fourth-order valence-electron chi connectivity index (χ4n) is 2.05. The lowest BCUT2D eigenvalue weighted by Gasteiger charge is -2.24. The fraction of sp³-hybridized carbons (Fsp3) is 0.222. The Balaban J connectivity index is 2.04. The van der Waals surface area contributed by atoms with E-state index < -0.39 is 5.41 Å². The van der Waals surface area contributed by atoms with Crippen molar-refractivity contribution < 1.29 is 4.74 Å². The highest BCUT2D eigenvalue weighted by atomic mass is 32.1. The topological polar surface area (TPSA) is 57.5 Å². The van der Waals surface area contributed by atoms with Gasteiger partial charge in [-0.05, 0) is 42.0 Å². The lowest BCUT2D eigenvalue weighted by Crippen LogP contribution is -2.29. The Morgan fingerprint density at radius 1 is 1.22 bits per heavy atom. The molecule has 120 valence electrons. The van der Waals surface area contributed by atoms with E-state index >= 15 is 0 Å². The van der Waals surface area contributed by atoms with Gasteiger partial charge in [0.15, 0.2) is 0 Å². The maximum atomic E-state index is 8.29. The first-order valence-corrected chi connectivity index (χ1v) is 7.70. The molecule has 0 spiro atoms. The van der Waals surface area contributed by atoms with Crippen LogP contribution in [0.2, 0.25) is 0 Å². The van der Waals surface area contributed by atoms with Crippen molar-refractivity contribution in [1.82, 2.24) is 0 Å². The third-order valence-corrected chi connectivity index (χ3v) is 4.00. The number of methoxy groups -OCH3 is 1. The number of hydrazone groups is 1. The molecule has 5 heteroatoms. The summed E-state index contributed by atoms with van der Waals surface area (Å²) in [5, 5.41) is 12.4. The fourth-order valence-corrected chi connectivity index (χ4v) is 2.27. The highest BCUT2D eigenvalue weighted by Crippen LogP contribution is 2.25. The quantitative estimate of drug-likeness (QED) is 0.419. The summed E-state index contributed by atoms with van der Waals surface area (Å²) < 4.78 is 5.11.